The van der Waals surface area contributed by atoms with E-state index in [4.69, 9.17) is 0 Å². The predicted octanol–water partition coefficient (Wildman–Crippen LogP) is 2.68. The Balaban J connectivity index is 1.51. The number of benzene rings is 1. The van der Waals surface area contributed by atoms with E-state index in [9.17, 15) is 0 Å². The Morgan fingerprint density at radius 1 is 0.955 bits per heavy atom. The summed E-state index contributed by atoms with van der Waals surface area (Å²) in [6, 6.07) is 10.2. The maximum Gasteiger partial charge on any atom is 0.0233 e. The molecule has 122 valence electrons. The average molecular weight is 301 g/mol. The highest BCUT2D eigenvalue weighted by molar-refractivity contribution is 5.26. The Hall–Kier alpha value is -0.900. The monoisotopic (exact) mass is 301 g/mol. The molecular formula is C19H31N3. The molecule has 2 fully saturated rings. The summed E-state index contributed by atoms with van der Waals surface area (Å²) in [6.07, 6.45) is 5.19. The zero-order valence-corrected chi connectivity index (χ0v) is 14.2. The number of hydrogen-bond donors (Lipinski definition) is 1. The first-order valence-electron chi connectivity index (χ1n) is 8.91. The van der Waals surface area contributed by atoms with Gasteiger partial charge >= 0.3 is 0 Å². The van der Waals surface area contributed by atoms with Gasteiger partial charge in [0.1, 0.15) is 0 Å². The van der Waals surface area contributed by atoms with Gasteiger partial charge in [0.15, 0.2) is 0 Å². The standard InChI is InChI=1S/C19H31N3/c1-20-19-9-13-22(14-10-19)15-16-3-5-17(6-4-16)18-7-11-21(2)12-8-18/h3-6,18-20H,7-15H2,1-2H3. The third-order valence-electron chi connectivity index (χ3n) is 5.57. The minimum absolute atomic E-state index is 0.725. The van der Waals surface area contributed by atoms with Crippen LogP contribution in [0.5, 0.6) is 0 Å². The van der Waals surface area contributed by atoms with E-state index in [1.165, 1.54) is 57.4 Å². The molecule has 0 amide bonds. The van der Waals surface area contributed by atoms with Crippen LogP contribution in [0.15, 0.2) is 24.3 Å². The summed E-state index contributed by atoms with van der Waals surface area (Å²) in [5.41, 5.74) is 3.02. The summed E-state index contributed by atoms with van der Waals surface area (Å²) in [4.78, 5) is 5.04. The second kappa shape index (κ2) is 7.58. The molecule has 0 spiro atoms. The number of piperidine rings is 2. The van der Waals surface area contributed by atoms with E-state index in [0.29, 0.717) is 0 Å². The third kappa shape index (κ3) is 4.09. The lowest BCUT2D eigenvalue weighted by Gasteiger charge is -2.32. The van der Waals surface area contributed by atoms with Gasteiger partial charge in [0.25, 0.3) is 0 Å². The Bertz CT molecular complexity index is 440. The molecule has 1 aromatic rings. The first-order valence-corrected chi connectivity index (χ1v) is 8.91. The Labute approximate surface area is 135 Å². The predicted molar refractivity (Wildman–Crippen MR) is 93.3 cm³/mol. The fourth-order valence-electron chi connectivity index (χ4n) is 3.88. The normalized spacial score (nSPS) is 23.0. The molecule has 0 aliphatic carbocycles. The highest BCUT2D eigenvalue weighted by Gasteiger charge is 2.19. The van der Waals surface area contributed by atoms with Gasteiger partial charge in [-0.05, 0) is 83.0 Å². The van der Waals surface area contributed by atoms with E-state index in [1.807, 2.05) is 0 Å². The van der Waals surface area contributed by atoms with Gasteiger partial charge in [-0.25, -0.2) is 0 Å². The number of likely N-dealkylation sites (tertiary alicyclic amines) is 2. The number of hydrogen-bond acceptors (Lipinski definition) is 3. The summed E-state index contributed by atoms with van der Waals surface area (Å²) < 4.78 is 0. The zero-order chi connectivity index (χ0) is 15.4. The molecule has 1 aromatic carbocycles. The average Bonchev–Trinajstić information content (AvgIpc) is 2.57. The van der Waals surface area contributed by atoms with Gasteiger partial charge in [-0.15, -0.1) is 0 Å². The van der Waals surface area contributed by atoms with Crippen molar-refractivity contribution in [2.45, 2.75) is 44.2 Å². The van der Waals surface area contributed by atoms with Crippen molar-refractivity contribution in [3.8, 4) is 0 Å². The maximum atomic E-state index is 3.41. The Kier molecular flexibility index (Phi) is 5.51. The van der Waals surface area contributed by atoms with Gasteiger partial charge in [-0.2, -0.15) is 0 Å². The summed E-state index contributed by atoms with van der Waals surface area (Å²) in [5, 5.41) is 3.41. The molecule has 0 bridgehead atoms. The Morgan fingerprint density at radius 2 is 1.59 bits per heavy atom. The molecule has 2 aliphatic rings. The lowest BCUT2D eigenvalue weighted by molar-refractivity contribution is 0.194. The molecule has 0 unspecified atom stereocenters. The van der Waals surface area contributed by atoms with Gasteiger partial charge < -0.3 is 10.2 Å². The summed E-state index contributed by atoms with van der Waals surface area (Å²) in [7, 11) is 4.32. The number of nitrogens with one attached hydrogen (secondary N) is 1. The van der Waals surface area contributed by atoms with Crippen LogP contribution in [0, 0.1) is 0 Å². The van der Waals surface area contributed by atoms with Crippen LogP contribution in [0.3, 0.4) is 0 Å². The molecule has 2 saturated heterocycles. The molecule has 0 aromatic heterocycles. The van der Waals surface area contributed by atoms with Crippen LogP contribution in [0.2, 0.25) is 0 Å². The van der Waals surface area contributed by atoms with Gasteiger partial charge in [0.2, 0.25) is 0 Å². The number of rotatable bonds is 4. The van der Waals surface area contributed by atoms with Crippen LogP contribution in [0.4, 0.5) is 0 Å². The highest BCUT2D eigenvalue weighted by Crippen LogP contribution is 2.27. The largest absolute Gasteiger partial charge is 0.317 e. The SMILES string of the molecule is CNC1CCN(Cc2ccc(C3CCN(C)CC3)cc2)CC1. The van der Waals surface area contributed by atoms with Gasteiger partial charge in [0, 0.05) is 12.6 Å². The van der Waals surface area contributed by atoms with E-state index in [1.54, 1.807) is 5.56 Å². The molecule has 3 heteroatoms. The second-order valence-electron chi connectivity index (χ2n) is 7.16. The van der Waals surface area contributed by atoms with Gasteiger partial charge in [0.05, 0.1) is 0 Å². The van der Waals surface area contributed by atoms with Crippen molar-refractivity contribution in [1.82, 2.24) is 15.1 Å². The molecule has 3 nitrogen and oxygen atoms in total. The molecule has 22 heavy (non-hydrogen) atoms. The van der Waals surface area contributed by atoms with Crippen molar-refractivity contribution in [2.24, 2.45) is 0 Å². The topological polar surface area (TPSA) is 18.5 Å². The molecule has 2 heterocycles. The van der Waals surface area contributed by atoms with E-state index in [2.05, 4.69) is 53.5 Å². The van der Waals surface area contributed by atoms with Crippen molar-refractivity contribution in [2.75, 3.05) is 40.3 Å². The molecule has 0 atom stereocenters. The fourth-order valence-corrected chi connectivity index (χ4v) is 3.88. The van der Waals surface area contributed by atoms with Crippen molar-refractivity contribution < 1.29 is 0 Å². The van der Waals surface area contributed by atoms with Gasteiger partial charge in [-0.1, -0.05) is 24.3 Å². The minimum atomic E-state index is 0.725. The quantitative estimate of drug-likeness (QED) is 0.922. The Morgan fingerprint density at radius 3 is 2.18 bits per heavy atom. The number of nitrogens with zero attached hydrogens (tertiary/aromatic N) is 2. The molecule has 0 radical (unpaired) electrons. The zero-order valence-electron chi connectivity index (χ0n) is 14.2. The van der Waals surface area contributed by atoms with Crippen LogP contribution in [0.25, 0.3) is 0 Å². The first-order chi connectivity index (χ1) is 10.7. The van der Waals surface area contributed by atoms with Crippen molar-refractivity contribution in [3.05, 3.63) is 35.4 Å². The van der Waals surface area contributed by atoms with Crippen molar-refractivity contribution in [3.63, 3.8) is 0 Å². The maximum absolute atomic E-state index is 3.41. The van der Waals surface area contributed by atoms with Crippen LogP contribution in [-0.4, -0.2) is 56.1 Å². The lowest BCUT2D eigenvalue weighted by Crippen LogP contribution is -2.40. The molecular weight excluding hydrogens is 270 g/mol. The van der Waals surface area contributed by atoms with E-state index >= 15 is 0 Å². The molecule has 0 saturated carbocycles. The van der Waals surface area contributed by atoms with E-state index < -0.39 is 0 Å². The fraction of sp³-hybridized carbons (Fsp3) is 0.684. The molecule has 2 aliphatic heterocycles. The summed E-state index contributed by atoms with van der Waals surface area (Å²) >= 11 is 0. The third-order valence-corrected chi connectivity index (χ3v) is 5.57. The van der Waals surface area contributed by atoms with Crippen molar-refractivity contribution >= 4 is 0 Å². The van der Waals surface area contributed by atoms with Crippen LogP contribution in [0.1, 0.15) is 42.7 Å². The molecule has 1 N–H and O–H groups in total. The first kappa shape index (κ1) is 16.0. The highest BCUT2D eigenvalue weighted by atomic mass is 15.1. The minimum Gasteiger partial charge on any atom is -0.317 e. The van der Waals surface area contributed by atoms with Crippen molar-refractivity contribution in [1.29, 1.82) is 0 Å². The smallest absolute Gasteiger partial charge is 0.0233 e. The van der Waals surface area contributed by atoms with E-state index in [-0.39, 0.29) is 0 Å². The summed E-state index contributed by atoms with van der Waals surface area (Å²) in [6.45, 7) is 6.05. The second-order valence-corrected chi connectivity index (χ2v) is 7.16. The van der Waals surface area contributed by atoms with Crippen LogP contribution >= 0.6 is 0 Å². The van der Waals surface area contributed by atoms with E-state index in [0.717, 1.165) is 18.5 Å². The summed E-state index contributed by atoms with van der Waals surface area (Å²) in [5.74, 6) is 0.775. The van der Waals surface area contributed by atoms with Gasteiger partial charge in [-0.3, -0.25) is 4.90 Å². The lowest BCUT2D eigenvalue weighted by atomic mass is 9.89. The molecule has 3 rings (SSSR count). The van der Waals surface area contributed by atoms with Crippen LogP contribution < -0.4 is 5.32 Å². The van der Waals surface area contributed by atoms with Crippen LogP contribution in [-0.2, 0) is 6.54 Å².